The lowest BCUT2D eigenvalue weighted by molar-refractivity contribution is -0.140. The number of nitrogens with two attached hydrogens (primary N) is 1. The molecule has 0 radical (unpaired) electrons. The summed E-state index contributed by atoms with van der Waals surface area (Å²) in [7, 11) is 1.40. The molecule has 0 saturated heterocycles. The molecule has 7 nitrogen and oxygen atoms in total. The van der Waals surface area contributed by atoms with E-state index in [9.17, 15) is 9.00 Å². The Labute approximate surface area is 78.5 Å². The van der Waals surface area contributed by atoms with Gasteiger partial charge in [0.2, 0.25) is 11.3 Å². The summed E-state index contributed by atoms with van der Waals surface area (Å²) in [5.41, 5.74) is 5.17. The monoisotopic (exact) mass is 211 g/mol. The van der Waals surface area contributed by atoms with Gasteiger partial charge in [0, 0.05) is 20.1 Å². The summed E-state index contributed by atoms with van der Waals surface area (Å²) in [6.07, 6.45) is 0. The molecule has 0 spiro atoms. The van der Waals surface area contributed by atoms with Gasteiger partial charge in [-0.2, -0.15) is 0 Å². The zero-order chi connectivity index (χ0) is 10.4. The molecular weight excluding hydrogens is 198 g/mol. The van der Waals surface area contributed by atoms with Gasteiger partial charge in [-0.3, -0.25) is 9.35 Å². The third-order valence-electron chi connectivity index (χ3n) is 1.25. The second kappa shape index (κ2) is 6.00. The van der Waals surface area contributed by atoms with Crippen LogP contribution in [0.15, 0.2) is 0 Å². The molecule has 0 aromatic rings. The van der Waals surface area contributed by atoms with Crippen LogP contribution in [0, 0.1) is 0 Å². The van der Waals surface area contributed by atoms with E-state index >= 15 is 0 Å². The van der Waals surface area contributed by atoms with Crippen molar-refractivity contribution in [1.29, 1.82) is 0 Å². The van der Waals surface area contributed by atoms with Gasteiger partial charge in [0.25, 0.3) is 0 Å². The highest BCUT2D eigenvalue weighted by Crippen LogP contribution is 1.96. The third-order valence-corrected chi connectivity index (χ3v) is 2.07. The van der Waals surface area contributed by atoms with Crippen LogP contribution < -0.4 is 5.73 Å². The van der Waals surface area contributed by atoms with Crippen LogP contribution in [0.1, 0.15) is 0 Å². The summed E-state index contributed by atoms with van der Waals surface area (Å²) in [5, 5.41) is 9.53. The molecule has 13 heavy (non-hydrogen) atoms. The van der Waals surface area contributed by atoms with E-state index in [0.29, 0.717) is 0 Å². The molecule has 0 aromatic heterocycles. The van der Waals surface area contributed by atoms with Crippen molar-refractivity contribution in [1.82, 2.24) is 9.42 Å². The SMILES string of the molecule is CN(CC(=O)O)N(CCN)S(=O)O. The van der Waals surface area contributed by atoms with E-state index in [1.54, 1.807) is 0 Å². The smallest absolute Gasteiger partial charge is 0.319 e. The highest BCUT2D eigenvalue weighted by atomic mass is 32.2. The number of hydrazine groups is 1. The normalized spacial score (nSPS) is 13.6. The van der Waals surface area contributed by atoms with Crippen LogP contribution in [0.2, 0.25) is 0 Å². The number of hydrogen-bond donors (Lipinski definition) is 3. The highest BCUT2D eigenvalue weighted by molar-refractivity contribution is 7.76. The number of nitrogens with zero attached hydrogens (tertiary/aromatic N) is 2. The van der Waals surface area contributed by atoms with Gasteiger partial charge in [-0.05, 0) is 0 Å². The van der Waals surface area contributed by atoms with Crippen LogP contribution in [-0.4, -0.2) is 55.9 Å². The lowest BCUT2D eigenvalue weighted by Gasteiger charge is -2.25. The summed E-state index contributed by atoms with van der Waals surface area (Å²) in [4.78, 5) is 10.3. The molecule has 0 aliphatic rings. The molecule has 0 bridgehead atoms. The fourth-order valence-electron chi connectivity index (χ4n) is 0.753. The van der Waals surface area contributed by atoms with Gasteiger partial charge in [-0.15, -0.1) is 4.41 Å². The number of rotatable bonds is 6. The van der Waals surface area contributed by atoms with E-state index in [1.165, 1.54) is 7.05 Å². The summed E-state index contributed by atoms with van der Waals surface area (Å²) in [6, 6.07) is 0. The standard InChI is InChI=1S/C5H13N3O4S/c1-7(4-5(9)10)8(3-2-6)13(11)12/h2-4,6H2,1H3,(H,9,10)(H,11,12). The number of likely N-dealkylation sites (N-methyl/N-ethyl adjacent to an activating group) is 1. The zero-order valence-corrected chi connectivity index (χ0v) is 8.03. The minimum atomic E-state index is -2.23. The van der Waals surface area contributed by atoms with Crippen LogP contribution in [0.3, 0.4) is 0 Å². The molecule has 0 heterocycles. The number of carboxylic acid groups (broad SMARTS) is 1. The van der Waals surface area contributed by atoms with Crippen molar-refractivity contribution in [3.05, 3.63) is 0 Å². The van der Waals surface area contributed by atoms with Gasteiger partial charge in [0.15, 0.2) is 0 Å². The van der Waals surface area contributed by atoms with Crippen molar-refractivity contribution in [3.8, 4) is 0 Å². The lowest BCUT2D eigenvalue weighted by Crippen LogP contribution is -2.45. The maximum Gasteiger partial charge on any atom is 0.319 e. The predicted octanol–water partition coefficient (Wildman–Crippen LogP) is -1.68. The first-order valence-corrected chi connectivity index (χ1v) is 4.56. The largest absolute Gasteiger partial charge is 0.480 e. The molecule has 1 atom stereocenters. The molecule has 4 N–H and O–H groups in total. The van der Waals surface area contributed by atoms with E-state index in [-0.39, 0.29) is 19.6 Å². The first-order valence-electron chi connectivity index (χ1n) is 3.50. The number of aliphatic carboxylic acids is 1. The van der Waals surface area contributed by atoms with Crippen LogP contribution in [0.25, 0.3) is 0 Å². The Balaban J connectivity index is 4.18. The molecule has 1 unspecified atom stereocenters. The molecular formula is C5H13N3O4S. The average molecular weight is 211 g/mol. The average Bonchev–Trinajstić information content (AvgIpc) is 1.97. The van der Waals surface area contributed by atoms with Gasteiger partial charge >= 0.3 is 5.97 Å². The molecule has 0 fully saturated rings. The lowest BCUT2D eigenvalue weighted by atomic mass is 10.6. The fourth-order valence-corrected chi connectivity index (χ4v) is 1.31. The van der Waals surface area contributed by atoms with E-state index in [0.717, 1.165) is 9.42 Å². The Morgan fingerprint density at radius 3 is 2.46 bits per heavy atom. The maximum atomic E-state index is 10.7. The topological polar surface area (TPSA) is 107 Å². The number of carbonyl (C=O) groups is 1. The zero-order valence-electron chi connectivity index (χ0n) is 7.21. The van der Waals surface area contributed by atoms with Gasteiger partial charge in [-0.25, -0.2) is 9.22 Å². The van der Waals surface area contributed by atoms with Crippen LogP contribution in [0.5, 0.6) is 0 Å². The van der Waals surface area contributed by atoms with E-state index in [4.69, 9.17) is 15.4 Å². The van der Waals surface area contributed by atoms with Gasteiger partial charge in [0.05, 0.1) is 0 Å². The first kappa shape index (κ1) is 12.5. The van der Waals surface area contributed by atoms with Crippen LogP contribution >= 0.6 is 0 Å². The Morgan fingerprint density at radius 2 is 2.15 bits per heavy atom. The highest BCUT2D eigenvalue weighted by Gasteiger charge is 2.17. The van der Waals surface area contributed by atoms with Crippen molar-refractivity contribution < 1.29 is 18.7 Å². The second-order valence-electron chi connectivity index (χ2n) is 2.30. The van der Waals surface area contributed by atoms with E-state index < -0.39 is 17.2 Å². The minimum absolute atomic E-state index is 0.132. The molecule has 0 amide bonds. The summed E-state index contributed by atoms with van der Waals surface area (Å²) in [6.45, 7) is -0.0323. The Morgan fingerprint density at radius 1 is 1.62 bits per heavy atom. The van der Waals surface area contributed by atoms with Crippen molar-refractivity contribution >= 4 is 17.2 Å². The molecule has 78 valence electrons. The molecule has 0 saturated carbocycles. The van der Waals surface area contributed by atoms with Gasteiger partial charge in [-0.1, -0.05) is 0 Å². The van der Waals surface area contributed by atoms with Gasteiger partial charge in [0.1, 0.15) is 6.54 Å². The van der Waals surface area contributed by atoms with E-state index in [2.05, 4.69) is 0 Å². The van der Waals surface area contributed by atoms with Crippen molar-refractivity contribution in [2.75, 3.05) is 26.7 Å². The Hall–Kier alpha value is -0.540. The molecule has 0 rings (SSSR count). The van der Waals surface area contributed by atoms with Crippen molar-refractivity contribution in [2.45, 2.75) is 0 Å². The summed E-state index contributed by atoms with van der Waals surface area (Å²) in [5.74, 6) is -1.07. The van der Waals surface area contributed by atoms with E-state index in [1.807, 2.05) is 0 Å². The Kier molecular flexibility index (Phi) is 5.75. The number of carboxylic acids is 1. The second-order valence-corrected chi connectivity index (χ2v) is 3.19. The van der Waals surface area contributed by atoms with Crippen LogP contribution in [0.4, 0.5) is 0 Å². The summed E-state index contributed by atoms with van der Waals surface area (Å²) >= 11 is -2.23. The predicted molar refractivity (Wildman–Crippen MR) is 46.8 cm³/mol. The first-order chi connectivity index (χ1) is 5.99. The van der Waals surface area contributed by atoms with Crippen LogP contribution in [-0.2, 0) is 16.1 Å². The summed E-state index contributed by atoms with van der Waals surface area (Å²) < 4.78 is 20.4. The van der Waals surface area contributed by atoms with Crippen molar-refractivity contribution in [2.24, 2.45) is 5.73 Å². The minimum Gasteiger partial charge on any atom is -0.480 e. The molecule has 8 heteroatoms. The molecule has 0 aliphatic carbocycles. The fraction of sp³-hybridized carbons (Fsp3) is 0.800. The quantitative estimate of drug-likeness (QED) is 0.357. The molecule has 0 aliphatic heterocycles. The van der Waals surface area contributed by atoms with Crippen molar-refractivity contribution in [3.63, 3.8) is 0 Å². The Bertz CT molecular complexity index is 200. The number of hydrogen-bond acceptors (Lipinski definition) is 4. The van der Waals surface area contributed by atoms with Gasteiger partial charge < -0.3 is 10.8 Å². The maximum absolute atomic E-state index is 10.7. The third kappa shape index (κ3) is 4.90. The molecule has 0 aromatic carbocycles.